The molecule has 3 rings (SSSR count). The number of hydrogen-bond donors (Lipinski definition) is 2. The van der Waals surface area contributed by atoms with Crippen molar-refractivity contribution < 1.29 is 5.11 Å². The largest absolute Gasteiger partial charge is 0.376 e. The number of fused-ring (bicyclic) bond motifs is 2. The minimum Gasteiger partial charge on any atom is -0.376 e. The van der Waals surface area contributed by atoms with E-state index in [1.807, 2.05) is 18.2 Å². The van der Waals surface area contributed by atoms with Gasteiger partial charge in [0.25, 0.3) is 0 Å². The summed E-state index contributed by atoms with van der Waals surface area (Å²) >= 11 is 1.57. The molecule has 1 aliphatic heterocycles. The first kappa shape index (κ1) is 14.9. The van der Waals surface area contributed by atoms with Gasteiger partial charge in [-0.2, -0.15) is 0 Å². The van der Waals surface area contributed by atoms with Gasteiger partial charge in [-0.05, 0) is 24.1 Å². The lowest BCUT2D eigenvalue weighted by Crippen LogP contribution is -2.05. The molecular weight excluding hydrogens is 294 g/mol. The number of aromatic nitrogens is 2. The van der Waals surface area contributed by atoms with E-state index in [0.717, 1.165) is 46.3 Å². The maximum Gasteiger partial charge on any atom is 0.163 e. The third-order valence-corrected chi connectivity index (χ3v) is 4.41. The molecule has 112 valence electrons. The van der Waals surface area contributed by atoms with Crippen LogP contribution in [0.5, 0.6) is 0 Å². The van der Waals surface area contributed by atoms with Crippen LogP contribution in [0, 0.1) is 11.8 Å². The lowest BCUT2D eigenvalue weighted by molar-refractivity contribution is 0.238. The maximum absolute atomic E-state index is 10.2. The van der Waals surface area contributed by atoms with Crippen LogP contribution in [-0.2, 0) is 0 Å². The van der Waals surface area contributed by atoms with Crippen molar-refractivity contribution in [3.63, 3.8) is 0 Å². The molecule has 0 saturated carbocycles. The average Bonchev–Trinajstić information content (AvgIpc) is 2.56. The molecule has 1 aliphatic rings. The molecule has 0 saturated heterocycles. The maximum atomic E-state index is 10.2. The van der Waals surface area contributed by atoms with Crippen LogP contribution in [0.4, 0.5) is 11.5 Å². The highest BCUT2D eigenvalue weighted by molar-refractivity contribution is 7.99. The molecule has 0 radical (unpaired) electrons. The van der Waals surface area contributed by atoms with Gasteiger partial charge in [0.05, 0.1) is 5.69 Å². The van der Waals surface area contributed by atoms with Gasteiger partial charge in [-0.1, -0.05) is 37.1 Å². The molecule has 1 unspecified atom stereocenters. The summed E-state index contributed by atoms with van der Waals surface area (Å²) in [5, 5.41) is 14.3. The van der Waals surface area contributed by atoms with Crippen molar-refractivity contribution in [3.05, 3.63) is 36.2 Å². The van der Waals surface area contributed by atoms with Crippen molar-refractivity contribution in [1.82, 2.24) is 9.97 Å². The Morgan fingerprint density at radius 3 is 3.05 bits per heavy atom. The smallest absolute Gasteiger partial charge is 0.163 e. The van der Waals surface area contributed by atoms with Gasteiger partial charge < -0.3 is 10.4 Å². The summed E-state index contributed by atoms with van der Waals surface area (Å²) in [4.78, 5) is 9.65. The predicted octanol–water partition coefficient (Wildman–Crippen LogP) is 3.91. The SMILES string of the molecule is CCCCC#CC(O)c1ccc2c(c1)Nc1nccnc1S2. The zero-order valence-corrected chi connectivity index (χ0v) is 13.2. The summed E-state index contributed by atoms with van der Waals surface area (Å²) in [7, 11) is 0. The standard InChI is InChI=1S/C17H17N3OS/c1-2-3-4-5-6-14(21)12-7-8-15-13(11-12)20-16-17(22-15)19-10-9-18-16/h7-11,14,21H,2-4H2,1H3,(H,18,20). The van der Waals surface area contributed by atoms with Crippen molar-refractivity contribution in [2.45, 2.75) is 42.2 Å². The number of anilines is 2. The van der Waals surface area contributed by atoms with Crippen molar-refractivity contribution in [2.24, 2.45) is 0 Å². The Morgan fingerprint density at radius 1 is 1.32 bits per heavy atom. The number of aliphatic hydroxyl groups excluding tert-OH is 1. The summed E-state index contributed by atoms with van der Waals surface area (Å²) in [6.07, 6.45) is 5.60. The van der Waals surface area contributed by atoms with Gasteiger partial charge >= 0.3 is 0 Å². The molecule has 2 aromatic rings. The third-order valence-electron chi connectivity index (χ3n) is 3.34. The third kappa shape index (κ3) is 3.24. The van der Waals surface area contributed by atoms with E-state index in [-0.39, 0.29) is 0 Å². The highest BCUT2D eigenvalue weighted by atomic mass is 32.2. The molecular formula is C17H17N3OS. The molecule has 0 fully saturated rings. The fraction of sp³-hybridized carbons (Fsp3) is 0.294. The van der Waals surface area contributed by atoms with Gasteiger partial charge in [0.1, 0.15) is 11.1 Å². The molecule has 0 spiro atoms. The number of benzene rings is 1. The fourth-order valence-corrected chi connectivity index (χ4v) is 3.02. The Labute approximate surface area is 134 Å². The lowest BCUT2D eigenvalue weighted by Gasteiger charge is -2.19. The normalized spacial score (nSPS) is 13.2. The Hall–Kier alpha value is -2.03. The molecule has 4 nitrogen and oxygen atoms in total. The van der Waals surface area contributed by atoms with E-state index in [4.69, 9.17) is 0 Å². The minimum absolute atomic E-state index is 0.751. The van der Waals surface area contributed by atoms with E-state index in [9.17, 15) is 5.11 Å². The van der Waals surface area contributed by atoms with Crippen LogP contribution in [0.3, 0.4) is 0 Å². The van der Waals surface area contributed by atoms with Crippen LogP contribution in [0.25, 0.3) is 0 Å². The molecule has 0 bridgehead atoms. The Morgan fingerprint density at radius 2 is 2.18 bits per heavy atom. The quantitative estimate of drug-likeness (QED) is 0.567. The second kappa shape index (κ2) is 6.82. The second-order valence-corrected chi connectivity index (χ2v) is 6.05. The number of nitrogens with zero attached hydrogens (tertiary/aromatic N) is 2. The predicted molar refractivity (Wildman–Crippen MR) is 88.1 cm³/mol. The molecule has 2 N–H and O–H groups in total. The van der Waals surface area contributed by atoms with E-state index in [0.29, 0.717) is 0 Å². The molecule has 0 amide bonds. The summed E-state index contributed by atoms with van der Waals surface area (Å²) in [5.41, 5.74) is 1.73. The monoisotopic (exact) mass is 311 g/mol. The highest BCUT2D eigenvalue weighted by Crippen LogP contribution is 2.42. The molecule has 22 heavy (non-hydrogen) atoms. The van der Waals surface area contributed by atoms with E-state index in [1.165, 1.54) is 0 Å². The summed E-state index contributed by atoms with van der Waals surface area (Å²) in [6, 6.07) is 5.82. The van der Waals surface area contributed by atoms with E-state index in [2.05, 4.69) is 34.0 Å². The number of nitrogens with one attached hydrogen (secondary N) is 1. The van der Waals surface area contributed by atoms with E-state index >= 15 is 0 Å². The number of rotatable bonds is 3. The van der Waals surface area contributed by atoms with Crippen molar-refractivity contribution in [1.29, 1.82) is 0 Å². The number of unbranched alkanes of at least 4 members (excludes halogenated alkanes) is 2. The highest BCUT2D eigenvalue weighted by Gasteiger charge is 2.18. The Kier molecular flexibility index (Phi) is 4.62. The number of aliphatic hydroxyl groups is 1. The second-order valence-electron chi connectivity index (χ2n) is 5.02. The van der Waals surface area contributed by atoms with Gasteiger partial charge in [-0.3, -0.25) is 0 Å². The fourth-order valence-electron chi connectivity index (χ4n) is 2.14. The van der Waals surface area contributed by atoms with Gasteiger partial charge in [0.2, 0.25) is 0 Å². The first-order valence-electron chi connectivity index (χ1n) is 7.34. The van der Waals surface area contributed by atoms with Crippen LogP contribution in [0.2, 0.25) is 0 Å². The van der Waals surface area contributed by atoms with Crippen LogP contribution in [-0.4, -0.2) is 15.1 Å². The van der Waals surface area contributed by atoms with E-state index in [1.54, 1.807) is 24.2 Å². The molecule has 0 aliphatic carbocycles. The number of hydrogen-bond acceptors (Lipinski definition) is 5. The minimum atomic E-state index is -0.753. The molecule has 1 aromatic heterocycles. The Bertz CT molecular complexity index is 736. The zero-order chi connectivity index (χ0) is 15.4. The summed E-state index contributed by atoms with van der Waals surface area (Å²) in [5.74, 6) is 6.69. The van der Waals surface area contributed by atoms with Crippen LogP contribution < -0.4 is 5.32 Å². The first-order chi connectivity index (χ1) is 10.8. The van der Waals surface area contributed by atoms with Crippen molar-refractivity contribution >= 4 is 23.3 Å². The van der Waals surface area contributed by atoms with Crippen LogP contribution >= 0.6 is 11.8 Å². The molecule has 2 heterocycles. The van der Waals surface area contributed by atoms with Crippen LogP contribution in [0.15, 0.2) is 40.5 Å². The average molecular weight is 311 g/mol. The molecule has 5 heteroatoms. The van der Waals surface area contributed by atoms with Gasteiger partial charge in [0, 0.05) is 23.7 Å². The van der Waals surface area contributed by atoms with Gasteiger partial charge in [-0.15, -0.1) is 5.92 Å². The van der Waals surface area contributed by atoms with Gasteiger partial charge in [0.15, 0.2) is 5.82 Å². The summed E-state index contributed by atoms with van der Waals surface area (Å²) < 4.78 is 0. The van der Waals surface area contributed by atoms with Crippen molar-refractivity contribution in [2.75, 3.05) is 5.32 Å². The van der Waals surface area contributed by atoms with E-state index < -0.39 is 6.10 Å². The topological polar surface area (TPSA) is 58.0 Å². The summed E-state index contributed by atoms with van der Waals surface area (Å²) in [6.45, 7) is 2.13. The first-order valence-corrected chi connectivity index (χ1v) is 8.16. The van der Waals surface area contributed by atoms with Gasteiger partial charge in [-0.25, -0.2) is 9.97 Å². The molecule has 1 aromatic carbocycles. The Balaban J connectivity index is 1.79. The van der Waals surface area contributed by atoms with Crippen molar-refractivity contribution in [3.8, 4) is 11.8 Å². The lowest BCUT2D eigenvalue weighted by atomic mass is 10.1. The zero-order valence-electron chi connectivity index (χ0n) is 12.3. The molecule has 1 atom stereocenters. The van der Waals surface area contributed by atoms with Crippen LogP contribution in [0.1, 0.15) is 37.9 Å².